The van der Waals surface area contributed by atoms with E-state index in [0.29, 0.717) is 18.6 Å². The smallest absolute Gasteiger partial charge is 0.302 e. The van der Waals surface area contributed by atoms with E-state index in [1.807, 2.05) is 6.92 Å². The van der Waals surface area contributed by atoms with Gasteiger partial charge in [-0.25, -0.2) is 0 Å². The second kappa shape index (κ2) is 4.66. The van der Waals surface area contributed by atoms with E-state index in [0.717, 1.165) is 0 Å². The Balaban J connectivity index is 1.89. The number of epoxide rings is 1. The molecule has 2 N–H and O–H groups in total. The molecule has 7 heteroatoms. The van der Waals surface area contributed by atoms with Gasteiger partial charge >= 0.3 is 5.97 Å². The molecule has 0 aromatic carbocycles. The fourth-order valence-electron chi connectivity index (χ4n) is 5.21. The van der Waals surface area contributed by atoms with Crippen LogP contribution in [-0.2, 0) is 23.8 Å². The predicted octanol–water partition coefficient (Wildman–Crippen LogP) is -0.267. The van der Waals surface area contributed by atoms with Crippen molar-refractivity contribution in [2.24, 2.45) is 10.8 Å². The van der Waals surface area contributed by atoms with Crippen LogP contribution in [-0.4, -0.2) is 65.2 Å². The lowest BCUT2D eigenvalue weighted by molar-refractivity contribution is -0.247. The second-order valence-electron chi connectivity index (χ2n) is 7.70. The third-order valence-electron chi connectivity index (χ3n) is 6.68. The summed E-state index contributed by atoms with van der Waals surface area (Å²) < 4.78 is 17.1. The standard InChI is InChI=1S/C17H22O7/c1-8-4-11-16(6-22-9(2)18,13(21)12(8)20)15(3)5-10(19)14(24-11)17(15)7-23-17/h4,10-11,13-14,19,21H,5-7H2,1-3H3/t10-,11-,13-,14-,15-,16-,17+/m1/s1/i1+1,2+1,3+1,4+1,5+1,6+1,7+1,8+1,9+1,10+1,11+1,12+1,13+1,14+1,15+1,16+1,17+1. The molecule has 4 aliphatic rings. The quantitative estimate of drug-likeness (QED) is 0.399. The summed E-state index contributed by atoms with van der Waals surface area (Å²) in [6, 6.07) is 0. The molecule has 3 fully saturated rings. The first-order valence-electron chi connectivity index (χ1n) is 8.21. The van der Waals surface area contributed by atoms with Crippen LogP contribution in [0.15, 0.2) is 11.6 Å². The molecule has 2 bridgehead atoms. The van der Waals surface area contributed by atoms with E-state index in [9.17, 15) is 19.8 Å². The van der Waals surface area contributed by atoms with Crippen molar-refractivity contribution in [2.45, 2.75) is 57.2 Å². The van der Waals surface area contributed by atoms with Crippen LogP contribution in [0, 0.1) is 10.8 Å². The van der Waals surface area contributed by atoms with Crippen LogP contribution in [0.3, 0.4) is 0 Å². The molecule has 0 radical (unpaired) electrons. The average Bonchev–Trinajstić information content (AvgIpc) is 3.27. The van der Waals surface area contributed by atoms with Crippen LogP contribution in [0.4, 0.5) is 0 Å². The number of carbonyl (C=O) groups excluding carboxylic acids is 2. The molecular weight excluding hydrogens is 333 g/mol. The third-order valence-corrected chi connectivity index (χ3v) is 6.68. The lowest BCUT2D eigenvalue weighted by atomic mass is 10.5. The van der Waals surface area contributed by atoms with Gasteiger partial charge in [-0.15, -0.1) is 0 Å². The van der Waals surface area contributed by atoms with Crippen molar-refractivity contribution in [1.82, 2.24) is 0 Å². The van der Waals surface area contributed by atoms with Crippen LogP contribution in [0.5, 0.6) is 0 Å². The van der Waals surface area contributed by atoms with Crippen LogP contribution in [0.2, 0.25) is 0 Å². The van der Waals surface area contributed by atoms with Gasteiger partial charge in [0.1, 0.15) is 24.4 Å². The molecule has 132 valence electrons. The molecule has 0 amide bonds. The molecule has 1 saturated carbocycles. The zero-order chi connectivity index (χ0) is 17.5. The van der Waals surface area contributed by atoms with Crippen LogP contribution < -0.4 is 0 Å². The van der Waals surface area contributed by atoms with Gasteiger partial charge in [-0.2, -0.15) is 0 Å². The van der Waals surface area contributed by atoms with Gasteiger partial charge in [-0.3, -0.25) is 9.59 Å². The van der Waals surface area contributed by atoms with Crippen molar-refractivity contribution in [3.8, 4) is 0 Å². The maximum absolute atomic E-state index is 12.5. The highest BCUT2D eigenvalue weighted by Gasteiger charge is 2.83. The Kier molecular flexibility index (Phi) is 3.15. The minimum absolute atomic E-state index is 0.162. The molecule has 1 spiro atoms. The number of esters is 1. The summed E-state index contributed by atoms with van der Waals surface area (Å²) in [5.74, 6) is -0.900. The molecule has 2 heterocycles. The van der Waals surface area contributed by atoms with Crippen LogP contribution in [0.25, 0.3) is 0 Å². The number of hydrogen-bond donors (Lipinski definition) is 2. The number of ketones is 1. The van der Waals surface area contributed by atoms with Crippen molar-refractivity contribution in [2.75, 3.05) is 13.2 Å². The van der Waals surface area contributed by atoms with Crippen molar-refractivity contribution in [1.29, 1.82) is 0 Å². The Morgan fingerprint density at radius 2 is 2.12 bits per heavy atom. The Morgan fingerprint density at radius 1 is 1.46 bits per heavy atom. The summed E-state index contributed by atoms with van der Waals surface area (Å²) in [5.41, 5.74) is -2.27. The highest BCUT2D eigenvalue weighted by atomic mass is 16.9. The van der Waals surface area contributed by atoms with E-state index >= 15 is 0 Å². The average molecular weight is 355 g/mol. The van der Waals surface area contributed by atoms with Gasteiger partial charge < -0.3 is 24.4 Å². The van der Waals surface area contributed by atoms with E-state index in [4.69, 9.17) is 14.2 Å². The van der Waals surface area contributed by atoms with E-state index in [1.54, 1.807) is 13.0 Å². The van der Waals surface area contributed by atoms with Gasteiger partial charge in [0.05, 0.1) is 24.2 Å². The van der Waals surface area contributed by atoms with Crippen molar-refractivity contribution in [3.63, 3.8) is 0 Å². The number of aliphatic hydroxyl groups excluding tert-OH is 2. The number of fused-ring (bicyclic) bond motifs is 2. The summed E-state index contributed by atoms with van der Waals surface area (Å²) >= 11 is 0. The summed E-state index contributed by atoms with van der Waals surface area (Å²) in [6.07, 6.45) is -1.30. The number of aliphatic hydroxyl groups is 2. The van der Waals surface area contributed by atoms with Gasteiger partial charge in [0.25, 0.3) is 0 Å². The van der Waals surface area contributed by atoms with Gasteiger partial charge in [0, 0.05) is 12.3 Å². The molecule has 24 heavy (non-hydrogen) atoms. The summed E-state index contributed by atoms with van der Waals surface area (Å²) in [5, 5.41) is 21.4. The van der Waals surface area contributed by atoms with E-state index in [1.165, 1.54) is 6.92 Å². The lowest BCUT2D eigenvalue weighted by Gasteiger charge is -2.58. The molecule has 7 atom stereocenters. The second-order valence-corrected chi connectivity index (χ2v) is 7.70. The Bertz CT molecular complexity index is 651. The maximum atomic E-state index is 12.5. The van der Waals surface area contributed by atoms with Gasteiger partial charge in [-0.1, -0.05) is 6.92 Å². The Hall–Kier alpha value is -1.28. The largest absolute Gasteiger partial charge is 0.465 e. The number of carbonyl (C=O) groups is 2. The number of Topliss-reactive ketones (excluding diaryl/α,β-unsaturated/α-hetero) is 1. The molecule has 0 aromatic heterocycles. The Morgan fingerprint density at radius 3 is 2.71 bits per heavy atom. The summed E-state index contributed by atoms with van der Waals surface area (Å²) in [7, 11) is 0. The van der Waals surface area contributed by atoms with E-state index < -0.39 is 52.6 Å². The van der Waals surface area contributed by atoms with Crippen molar-refractivity contribution >= 4 is 11.8 Å². The fourth-order valence-corrected chi connectivity index (χ4v) is 5.21. The molecule has 2 saturated heterocycles. The molecule has 0 aromatic rings. The number of hydrogen-bond acceptors (Lipinski definition) is 7. The number of rotatable bonds is 2. The summed E-state index contributed by atoms with van der Waals surface area (Å²) in [4.78, 5) is 24.0. The zero-order valence-electron chi connectivity index (χ0n) is 13.9. The monoisotopic (exact) mass is 355 g/mol. The van der Waals surface area contributed by atoms with Crippen molar-refractivity contribution in [3.05, 3.63) is 11.6 Å². The highest BCUT2D eigenvalue weighted by molar-refractivity contribution is 6.00. The molecule has 2 aliphatic carbocycles. The molecule has 4 rings (SSSR count). The van der Waals surface area contributed by atoms with Gasteiger partial charge in [-0.05, 0) is 25.0 Å². The van der Waals surface area contributed by atoms with Crippen LogP contribution >= 0.6 is 0 Å². The van der Waals surface area contributed by atoms with E-state index in [2.05, 4.69) is 0 Å². The van der Waals surface area contributed by atoms with Gasteiger partial charge in [0.15, 0.2) is 5.78 Å². The zero-order valence-corrected chi connectivity index (χ0v) is 13.9. The van der Waals surface area contributed by atoms with Gasteiger partial charge in [0.2, 0.25) is 0 Å². The normalized spacial score (nSPS) is 52.0. The fraction of sp³-hybridized carbons (Fsp3) is 0.765. The number of ether oxygens (including phenoxy) is 3. The van der Waals surface area contributed by atoms with Crippen LogP contribution in [0.1, 0.15) is 27.2 Å². The predicted molar refractivity (Wildman–Crippen MR) is 79.9 cm³/mol. The topological polar surface area (TPSA) is 106 Å². The first-order valence-corrected chi connectivity index (χ1v) is 8.21. The molecule has 2 aliphatic heterocycles. The first-order chi connectivity index (χ1) is 11.2. The maximum Gasteiger partial charge on any atom is 0.302 e. The minimum Gasteiger partial charge on any atom is -0.465 e. The molecule has 7 nitrogen and oxygen atoms in total. The molecular formula is C17H22O7. The Labute approximate surface area is 139 Å². The molecule has 0 unspecified atom stereocenters. The van der Waals surface area contributed by atoms with Crippen molar-refractivity contribution < 1.29 is 34.0 Å². The first kappa shape index (κ1) is 16.2. The third kappa shape index (κ3) is 1.61. The SMILES string of the molecule is [13CH3][13C](=O)O[13CH2][13C@]12[13C@H](O)[13C](=O)[13C]([13CH3])=[13CH][13C@H]1O[13C@@H]1[13C@H](O)[13CH2][13C@@]2([13CH3])[13C@]12[13CH2]O2. The lowest BCUT2D eigenvalue weighted by Crippen LogP contribution is -2.70. The highest BCUT2D eigenvalue weighted by Crippen LogP contribution is 2.71. The summed E-state index contributed by atoms with van der Waals surface area (Å²) in [6.45, 7) is 5.04. The van der Waals surface area contributed by atoms with E-state index in [-0.39, 0.29) is 6.61 Å². The minimum atomic E-state index is -1.39.